The maximum atomic E-state index is 10.7. The topological polar surface area (TPSA) is 62.2 Å². The molecule has 2 atom stereocenters. The average Bonchev–Trinajstić information content (AvgIpc) is 2.70. The molecule has 2 N–H and O–H groups in total. The summed E-state index contributed by atoms with van der Waals surface area (Å²) < 4.78 is 0. The molecule has 2 rings (SSSR count). The van der Waals surface area contributed by atoms with Crippen LogP contribution in [0.4, 0.5) is 5.13 Å². The Morgan fingerprint density at radius 1 is 1.56 bits per heavy atom. The van der Waals surface area contributed by atoms with Gasteiger partial charge in [-0.1, -0.05) is 19.8 Å². The first-order valence-corrected chi connectivity index (χ1v) is 6.50. The minimum atomic E-state index is -0.957. The van der Waals surface area contributed by atoms with Gasteiger partial charge >= 0.3 is 5.97 Å². The number of aromatic carboxylic acids is 1. The second kappa shape index (κ2) is 4.82. The molecule has 0 bridgehead atoms. The molecule has 0 radical (unpaired) electrons. The van der Waals surface area contributed by atoms with E-state index < -0.39 is 5.97 Å². The Bertz CT molecular complexity index is 378. The summed E-state index contributed by atoms with van der Waals surface area (Å²) in [6, 6.07) is 0.446. The molecule has 1 saturated carbocycles. The van der Waals surface area contributed by atoms with E-state index in [-0.39, 0.29) is 5.69 Å². The maximum Gasteiger partial charge on any atom is 0.355 e. The second-order valence-corrected chi connectivity index (χ2v) is 5.21. The molecule has 1 heterocycles. The molecule has 16 heavy (non-hydrogen) atoms. The summed E-state index contributed by atoms with van der Waals surface area (Å²) in [6.07, 6.45) is 4.95. The first-order chi connectivity index (χ1) is 7.66. The Hall–Kier alpha value is -1.10. The van der Waals surface area contributed by atoms with Crippen LogP contribution >= 0.6 is 11.3 Å². The molecule has 1 fully saturated rings. The number of carboxylic acids is 1. The number of carboxylic acid groups (broad SMARTS) is 1. The van der Waals surface area contributed by atoms with Gasteiger partial charge in [-0.05, 0) is 18.8 Å². The molecule has 1 aromatic rings. The minimum absolute atomic E-state index is 0.135. The van der Waals surface area contributed by atoms with Crippen LogP contribution in [0.5, 0.6) is 0 Å². The van der Waals surface area contributed by atoms with Crippen LogP contribution < -0.4 is 5.32 Å². The number of hydrogen-bond donors (Lipinski definition) is 2. The molecule has 0 saturated heterocycles. The summed E-state index contributed by atoms with van der Waals surface area (Å²) >= 11 is 1.37. The lowest BCUT2D eigenvalue weighted by atomic mass is 9.86. The molecule has 4 nitrogen and oxygen atoms in total. The van der Waals surface area contributed by atoms with Crippen molar-refractivity contribution in [3.05, 3.63) is 11.1 Å². The largest absolute Gasteiger partial charge is 0.476 e. The van der Waals surface area contributed by atoms with Crippen LogP contribution in [0.25, 0.3) is 0 Å². The van der Waals surface area contributed by atoms with Crippen molar-refractivity contribution in [2.45, 2.75) is 38.6 Å². The quantitative estimate of drug-likeness (QED) is 0.852. The number of thiazole rings is 1. The summed E-state index contributed by atoms with van der Waals surface area (Å²) in [6.45, 7) is 2.24. The van der Waals surface area contributed by atoms with E-state index in [1.165, 1.54) is 30.6 Å². The number of nitrogens with one attached hydrogen (secondary N) is 1. The summed E-state index contributed by atoms with van der Waals surface area (Å²) in [5.41, 5.74) is 0.135. The van der Waals surface area contributed by atoms with E-state index in [1.807, 2.05) is 0 Å². The molecule has 1 aliphatic rings. The lowest BCUT2D eigenvalue weighted by Gasteiger charge is -2.29. The predicted octanol–water partition coefficient (Wildman–Crippen LogP) is 2.83. The number of hydrogen-bond acceptors (Lipinski definition) is 4. The van der Waals surface area contributed by atoms with Crippen LogP contribution in [0.3, 0.4) is 0 Å². The van der Waals surface area contributed by atoms with Crippen molar-refractivity contribution in [2.75, 3.05) is 5.32 Å². The molecule has 5 heteroatoms. The first-order valence-electron chi connectivity index (χ1n) is 5.62. The van der Waals surface area contributed by atoms with Gasteiger partial charge in [-0.2, -0.15) is 0 Å². The Morgan fingerprint density at radius 2 is 2.31 bits per heavy atom. The number of aromatic nitrogens is 1. The molecular formula is C11H16N2O2S. The maximum absolute atomic E-state index is 10.7. The van der Waals surface area contributed by atoms with Gasteiger partial charge in [0.2, 0.25) is 0 Å². The van der Waals surface area contributed by atoms with Gasteiger partial charge in [0.1, 0.15) is 0 Å². The van der Waals surface area contributed by atoms with Crippen molar-refractivity contribution in [1.82, 2.24) is 4.98 Å². The van der Waals surface area contributed by atoms with E-state index in [2.05, 4.69) is 17.2 Å². The van der Waals surface area contributed by atoms with E-state index >= 15 is 0 Å². The zero-order valence-corrected chi connectivity index (χ0v) is 10.1. The number of rotatable bonds is 3. The molecule has 0 amide bonds. The van der Waals surface area contributed by atoms with Crippen molar-refractivity contribution < 1.29 is 9.90 Å². The highest BCUT2D eigenvalue weighted by Gasteiger charge is 2.22. The third-order valence-corrected chi connectivity index (χ3v) is 3.92. The zero-order valence-electron chi connectivity index (χ0n) is 9.27. The highest BCUT2D eigenvalue weighted by Crippen LogP contribution is 2.27. The fraction of sp³-hybridized carbons (Fsp3) is 0.636. The molecule has 0 aliphatic heterocycles. The normalized spacial score (nSPS) is 25.3. The smallest absolute Gasteiger partial charge is 0.355 e. The summed E-state index contributed by atoms with van der Waals surface area (Å²) in [5, 5.41) is 14.4. The van der Waals surface area contributed by atoms with Crippen LogP contribution in [0, 0.1) is 5.92 Å². The van der Waals surface area contributed by atoms with Crippen LogP contribution in [0.1, 0.15) is 43.1 Å². The van der Waals surface area contributed by atoms with Gasteiger partial charge in [0, 0.05) is 11.4 Å². The van der Waals surface area contributed by atoms with Crippen LogP contribution in [0.2, 0.25) is 0 Å². The predicted molar refractivity (Wildman–Crippen MR) is 64.1 cm³/mol. The van der Waals surface area contributed by atoms with Gasteiger partial charge < -0.3 is 10.4 Å². The molecular weight excluding hydrogens is 224 g/mol. The third-order valence-electron chi connectivity index (χ3n) is 3.14. The van der Waals surface area contributed by atoms with Crippen LogP contribution in [-0.2, 0) is 0 Å². The SMILES string of the molecule is CC1CCCCC1Nc1nc(C(=O)O)cs1. The van der Waals surface area contributed by atoms with Gasteiger partial charge in [0.15, 0.2) is 10.8 Å². The Morgan fingerprint density at radius 3 is 2.94 bits per heavy atom. The molecule has 1 aliphatic carbocycles. The van der Waals surface area contributed by atoms with Gasteiger partial charge in [0.25, 0.3) is 0 Å². The lowest BCUT2D eigenvalue weighted by Crippen LogP contribution is -2.30. The molecule has 2 unspecified atom stereocenters. The van der Waals surface area contributed by atoms with Crippen molar-refractivity contribution in [2.24, 2.45) is 5.92 Å². The standard InChI is InChI=1S/C11H16N2O2S/c1-7-4-2-3-5-8(7)12-11-13-9(6-16-11)10(14)15/h6-8H,2-5H2,1H3,(H,12,13)(H,14,15). The van der Waals surface area contributed by atoms with Gasteiger partial charge in [-0.15, -0.1) is 11.3 Å². The van der Waals surface area contributed by atoms with E-state index in [0.717, 1.165) is 11.6 Å². The van der Waals surface area contributed by atoms with Gasteiger partial charge in [0.05, 0.1) is 0 Å². The van der Waals surface area contributed by atoms with Crippen LogP contribution in [0.15, 0.2) is 5.38 Å². The zero-order chi connectivity index (χ0) is 11.5. The minimum Gasteiger partial charge on any atom is -0.476 e. The number of nitrogens with zero attached hydrogens (tertiary/aromatic N) is 1. The summed E-state index contributed by atoms with van der Waals surface area (Å²) in [7, 11) is 0. The van der Waals surface area contributed by atoms with E-state index in [1.54, 1.807) is 5.38 Å². The second-order valence-electron chi connectivity index (χ2n) is 4.36. The van der Waals surface area contributed by atoms with Crippen LogP contribution in [-0.4, -0.2) is 22.1 Å². The molecule has 1 aromatic heterocycles. The van der Waals surface area contributed by atoms with E-state index in [0.29, 0.717) is 12.0 Å². The Labute approximate surface area is 98.7 Å². The van der Waals surface area contributed by atoms with Gasteiger partial charge in [-0.25, -0.2) is 9.78 Å². The summed E-state index contributed by atoms with van der Waals surface area (Å²) in [5.74, 6) is -0.313. The highest BCUT2D eigenvalue weighted by atomic mass is 32.1. The lowest BCUT2D eigenvalue weighted by molar-refractivity contribution is 0.0691. The Balaban J connectivity index is 1.99. The molecule has 0 aromatic carbocycles. The molecule has 0 spiro atoms. The highest BCUT2D eigenvalue weighted by molar-refractivity contribution is 7.13. The average molecular weight is 240 g/mol. The Kier molecular flexibility index (Phi) is 3.43. The third kappa shape index (κ3) is 2.52. The van der Waals surface area contributed by atoms with E-state index in [4.69, 9.17) is 5.11 Å². The van der Waals surface area contributed by atoms with Crippen molar-refractivity contribution in [3.8, 4) is 0 Å². The van der Waals surface area contributed by atoms with Crippen molar-refractivity contribution in [1.29, 1.82) is 0 Å². The van der Waals surface area contributed by atoms with E-state index in [9.17, 15) is 4.79 Å². The van der Waals surface area contributed by atoms with Crippen molar-refractivity contribution >= 4 is 22.4 Å². The molecule has 88 valence electrons. The fourth-order valence-electron chi connectivity index (χ4n) is 2.13. The van der Waals surface area contributed by atoms with Gasteiger partial charge in [-0.3, -0.25) is 0 Å². The fourth-order valence-corrected chi connectivity index (χ4v) is 2.87. The number of carbonyl (C=O) groups is 1. The monoisotopic (exact) mass is 240 g/mol. The first kappa shape index (κ1) is 11.4. The number of anilines is 1. The summed E-state index contributed by atoms with van der Waals surface area (Å²) in [4.78, 5) is 14.7. The van der Waals surface area contributed by atoms with Crippen molar-refractivity contribution in [3.63, 3.8) is 0 Å².